The molecule has 2 N–H and O–H groups in total. The number of aliphatic hydroxyl groups is 1. The van der Waals surface area contributed by atoms with E-state index in [4.69, 9.17) is 11.6 Å². The van der Waals surface area contributed by atoms with Gasteiger partial charge in [-0.15, -0.1) is 0 Å². The predicted octanol–water partition coefficient (Wildman–Crippen LogP) is 2.62. The fourth-order valence-corrected chi connectivity index (χ4v) is 2.57. The normalized spacial score (nSPS) is 18.6. The fourth-order valence-electron chi connectivity index (χ4n) is 2.43. The van der Waals surface area contributed by atoms with Crippen molar-refractivity contribution in [2.75, 3.05) is 18.5 Å². The van der Waals surface area contributed by atoms with E-state index < -0.39 is 5.82 Å². The van der Waals surface area contributed by atoms with Gasteiger partial charge < -0.3 is 10.4 Å². The fraction of sp³-hybridized carbons (Fsp3) is 0.667. The molecule has 4 nitrogen and oxygen atoms in total. The van der Waals surface area contributed by atoms with E-state index in [1.54, 1.807) is 0 Å². The van der Waals surface area contributed by atoms with Gasteiger partial charge in [0.05, 0.1) is 12.8 Å². The lowest BCUT2D eigenvalue weighted by Gasteiger charge is -2.35. The van der Waals surface area contributed by atoms with E-state index in [9.17, 15) is 9.50 Å². The molecular formula is C12H17ClFN3O. The number of anilines is 1. The molecule has 0 saturated heterocycles. The molecular weight excluding hydrogens is 257 g/mol. The van der Waals surface area contributed by atoms with Gasteiger partial charge in [0.25, 0.3) is 0 Å². The summed E-state index contributed by atoms with van der Waals surface area (Å²) >= 11 is 5.63. The zero-order valence-corrected chi connectivity index (χ0v) is 10.9. The molecule has 0 radical (unpaired) electrons. The molecule has 1 aliphatic carbocycles. The largest absolute Gasteiger partial charge is 0.396 e. The van der Waals surface area contributed by atoms with E-state index in [2.05, 4.69) is 15.3 Å². The molecule has 1 heterocycles. The van der Waals surface area contributed by atoms with Gasteiger partial charge in [0.15, 0.2) is 11.6 Å². The van der Waals surface area contributed by atoms with Gasteiger partial charge in [-0.2, -0.15) is 4.98 Å². The van der Waals surface area contributed by atoms with Gasteiger partial charge in [0.2, 0.25) is 5.28 Å². The minimum absolute atomic E-state index is 0.0144. The Morgan fingerprint density at radius 3 is 2.78 bits per heavy atom. The molecule has 6 heteroatoms. The molecule has 100 valence electrons. The van der Waals surface area contributed by atoms with E-state index in [0.29, 0.717) is 6.54 Å². The van der Waals surface area contributed by atoms with Crippen LogP contribution < -0.4 is 5.32 Å². The van der Waals surface area contributed by atoms with Crippen LogP contribution in [-0.2, 0) is 0 Å². The molecule has 1 aromatic rings. The monoisotopic (exact) mass is 273 g/mol. The molecule has 1 saturated carbocycles. The van der Waals surface area contributed by atoms with Crippen molar-refractivity contribution in [3.63, 3.8) is 0 Å². The van der Waals surface area contributed by atoms with Crippen LogP contribution in [0, 0.1) is 11.2 Å². The smallest absolute Gasteiger partial charge is 0.224 e. The van der Waals surface area contributed by atoms with Crippen molar-refractivity contribution in [2.45, 2.75) is 32.1 Å². The summed E-state index contributed by atoms with van der Waals surface area (Å²) < 4.78 is 13.4. The minimum Gasteiger partial charge on any atom is -0.396 e. The molecule has 0 unspecified atom stereocenters. The maximum absolute atomic E-state index is 13.4. The predicted molar refractivity (Wildman–Crippen MR) is 68.1 cm³/mol. The Labute approximate surface area is 111 Å². The van der Waals surface area contributed by atoms with E-state index in [1.165, 1.54) is 6.42 Å². The van der Waals surface area contributed by atoms with Crippen LogP contribution in [0.4, 0.5) is 10.2 Å². The number of hydrogen-bond acceptors (Lipinski definition) is 4. The minimum atomic E-state index is -0.525. The number of nitrogens with zero attached hydrogens (tertiary/aromatic N) is 2. The third-order valence-electron chi connectivity index (χ3n) is 3.60. The van der Waals surface area contributed by atoms with Gasteiger partial charge in [-0.05, 0) is 24.4 Å². The average molecular weight is 274 g/mol. The van der Waals surface area contributed by atoms with Crippen molar-refractivity contribution in [1.29, 1.82) is 0 Å². The topological polar surface area (TPSA) is 58.0 Å². The highest BCUT2D eigenvalue weighted by Gasteiger charge is 2.31. The molecule has 0 bridgehead atoms. The summed E-state index contributed by atoms with van der Waals surface area (Å²) in [5.41, 5.74) is -0.165. The summed E-state index contributed by atoms with van der Waals surface area (Å²) in [6.07, 6.45) is 6.37. The van der Waals surface area contributed by atoms with Crippen molar-refractivity contribution in [3.8, 4) is 0 Å². The summed E-state index contributed by atoms with van der Waals surface area (Å²) in [4.78, 5) is 7.37. The zero-order chi connectivity index (χ0) is 13.0. The summed E-state index contributed by atoms with van der Waals surface area (Å²) in [6, 6.07) is 0. The molecule has 0 aliphatic heterocycles. The Kier molecular flexibility index (Phi) is 4.35. The van der Waals surface area contributed by atoms with Crippen molar-refractivity contribution in [1.82, 2.24) is 9.97 Å². The van der Waals surface area contributed by atoms with Gasteiger partial charge in [-0.25, -0.2) is 9.37 Å². The standard InChI is InChI=1S/C12H17ClFN3O/c13-11-15-6-9(14)10(17-11)16-7-12(8-18)4-2-1-3-5-12/h6,18H,1-5,7-8H2,(H,15,16,17). The Hall–Kier alpha value is -0.940. The SMILES string of the molecule is OCC1(CNc2nc(Cl)ncc2F)CCCCC1. The highest BCUT2D eigenvalue weighted by molar-refractivity contribution is 6.28. The van der Waals surface area contributed by atoms with E-state index in [0.717, 1.165) is 31.9 Å². The molecule has 1 aliphatic rings. The molecule has 0 aromatic carbocycles. The van der Waals surface area contributed by atoms with Gasteiger partial charge in [-0.3, -0.25) is 0 Å². The lowest BCUT2D eigenvalue weighted by molar-refractivity contribution is 0.0942. The molecule has 0 amide bonds. The van der Waals surface area contributed by atoms with Crippen LogP contribution in [0.1, 0.15) is 32.1 Å². The van der Waals surface area contributed by atoms with Crippen LogP contribution >= 0.6 is 11.6 Å². The second kappa shape index (κ2) is 5.80. The molecule has 0 atom stereocenters. The first kappa shape index (κ1) is 13.5. The van der Waals surface area contributed by atoms with Crippen LogP contribution in [-0.4, -0.2) is 28.2 Å². The number of halogens is 2. The van der Waals surface area contributed by atoms with Gasteiger partial charge in [-0.1, -0.05) is 19.3 Å². The van der Waals surface area contributed by atoms with Crippen molar-refractivity contribution in [2.24, 2.45) is 5.41 Å². The maximum atomic E-state index is 13.4. The highest BCUT2D eigenvalue weighted by Crippen LogP contribution is 2.36. The van der Waals surface area contributed by atoms with E-state index in [-0.39, 0.29) is 23.1 Å². The van der Waals surface area contributed by atoms with E-state index in [1.807, 2.05) is 0 Å². The molecule has 2 rings (SSSR count). The van der Waals surface area contributed by atoms with Crippen LogP contribution in [0.3, 0.4) is 0 Å². The van der Waals surface area contributed by atoms with Gasteiger partial charge >= 0.3 is 0 Å². The molecule has 18 heavy (non-hydrogen) atoms. The third kappa shape index (κ3) is 3.09. The van der Waals surface area contributed by atoms with Crippen LogP contribution in [0.25, 0.3) is 0 Å². The summed E-state index contributed by atoms with van der Waals surface area (Å²) in [5, 5.41) is 12.5. The van der Waals surface area contributed by atoms with Crippen molar-refractivity contribution >= 4 is 17.4 Å². The Balaban J connectivity index is 2.03. The molecule has 1 fully saturated rings. The van der Waals surface area contributed by atoms with Gasteiger partial charge in [0.1, 0.15) is 0 Å². The zero-order valence-electron chi connectivity index (χ0n) is 10.1. The number of rotatable bonds is 4. The molecule has 1 aromatic heterocycles. The van der Waals surface area contributed by atoms with Crippen molar-refractivity contribution < 1.29 is 9.50 Å². The van der Waals surface area contributed by atoms with E-state index >= 15 is 0 Å². The van der Waals surface area contributed by atoms with Gasteiger partial charge in [0, 0.05) is 12.0 Å². The Morgan fingerprint density at radius 2 is 2.11 bits per heavy atom. The van der Waals surface area contributed by atoms with Crippen LogP contribution in [0.5, 0.6) is 0 Å². The number of aliphatic hydroxyl groups excluding tert-OH is 1. The van der Waals surface area contributed by atoms with Crippen LogP contribution in [0.15, 0.2) is 6.20 Å². The summed E-state index contributed by atoms with van der Waals surface area (Å²) in [7, 11) is 0. The second-order valence-corrected chi connectivity index (χ2v) is 5.25. The maximum Gasteiger partial charge on any atom is 0.224 e. The first-order chi connectivity index (χ1) is 8.65. The first-order valence-corrected chi connectivity index (χ1v) is 6.56. The second-order valence-electron chi connectivity index (χ2n) is 4.91. The molecule has 0 spiro atoms. The highest BCUT2D eigenvalue weighted by atomic mass is 35.5. The first-order valence-electron chi connectivity index (χ1n) is 6.18. The quantitative estimate of drug-likeness (QED) is 0.828. The van der Waals surface area contributed by atoms with Crippen LogP contribution in [0.2, 0.25) is 5.28 Å². The number of hydrogen-bond donors (Lipinski definition) is 2. The summed E-state index contributed by atoms with van der Waals surface area (Å²) in [6.45, 7) is 0.619. The number of nitrogens with one attached hydrogen (secondary N) is 1. The number of aromatic nitrogens is 2. The summed E-state index contributed by atoms with van der Waals surface area (Å²) in [5.74, 6) is -0.420. The average Bonchev–Trinajstić information content (AvgIpc) is 2.41. The Bertz CT molecular complexity index is 410. The lowest BCUT2D eigenvalue weighted by Crippen LogP contribution is -2.36. The van der Waals surface area contributed by atoms with Crippen molar-refractivity contribution in [3.05, 3.63) is 17.3 Å². The Morgan fingerprint density at radius 1 is 1.39 bits per heavy atom. The lowest BCUT2D eigenvalue weighted by atomic mass is 9.74. The third-order valence-corrected chi connectivity index (χ3v) is 3.78.